The second-order valence-corrected chi connectivity index (χ2v) is 12.3. The van der Waals surface area contributed by atoms with E-state index in [2.05, 4.69) is 20.8 Å². The van der Waals surface area contributed by atoms with Gasteiger partial charge in [0.15, 0.2) is 0 Å². The highest BCUT2D eigenvalue weighted by Crippen LogP contribution is 2.19. The monoisotopic (exact) mass is 537 g/mol. The van der Waals surface area contributed by atoms with Crippen molar-refractivity contribution in [2.45, 2.75) is 226 Å². The fourth-order valence-corrected chi connectivity index (χ4v) is 5.63. The predicted octanol–water partition coefficient (Wildman–Crippen LogP) is 13.1. The lowest BCUT2D eigenvalue weighted by atomic mass is 10.0. The average molecular weight is 537 g/mol. The van der Waals surface area contributed by atoms with Crippen LogP contribution in [0, 0.1) is 0 Å². The maximum absolute atomic E-state index is 12.5. The minimum atomic E-state index is 0.0670. The van der Waals surface area contributed by atoms with Gasteiger partial charge >= 0.3 is 5.97 Å². The smallest absolute Gasteiger partial charge is 0.306 e. The molecule has 0 spiro atoms. The van der Waals surface area contributed by atoms with E-state index in [-0.39, 0.29) is 12.1 Å². The van der Waals surface area contributed by atoms with Gasteiger partial charge in [0.05, 0.1) is 0 Å². The largest absolute Gasteiger partial charge is 0.462 e. The van der Waals surface area contributed by atoms with Crippen molar-refractivity contribution in [2.24, 2.45) is 0 Å². The quantitative estimate of drug-likeness (QED) is 0.0631. The Balaban J connectivity index is 3.75. The van der Waals surface area contributed by atoms with Crippen molar-refractivity contribution in [3.8, 4) is 0 Å². The highest BCUT2D eigenvalue weighted by atomic mass is 16.5. The molecule has 0 rings (SSSR count). The van der Waals surface area contributed by atoms with Crippen molar-refractivity contribution in [3.05, 3.63) is 0 Å². The number of hydrogen-bond acceptors (Lipinski definition) is 2. The van der Waals surface area contributed by atoms with Crippen molar-refractivity contribution >= 4 is 5.97 Å². The molecule has 0 amide bonds. The highest BCUT2D eigenvalue weighted by molar-refractivity contribution is 5.69. The highest BCUT2D eigenvalue weighted by Gasteiger charge is 2.14. The molecule has 0 N–H and O–H groups in total. The minimum absolute atomic E-state index is 0.0670. The Morgan fingerprint density at radius 3 is 0.974 bits per heavy atom. The summed E-state index contributed by atoms with van der Waals surface area (Å²) in [7, 11) is 0. The van der Waals surface area contributed by atoms with Crippen LogP contribution in [0.3, 0.4) is 0 Å². The van der Waals surface area contributed by atoms with Gasteiger partial charge in [-0.3, -0.25) is 4.79 Å². The Hall–Kier alpha value is -0.530. The minimum Gasteiger partial charge on any atom is -0.462 e. The van der Waals surface area contributed by atoms with E-state index < -0.39 is 0 Å². The molecule has 228 valence electrons. The number of unbranched alkanes of at least 4 members (excludes halogenated alkanes) is 25. The van der Waals surface area contributed by atoms with Crippen molar-refractivity contribution < 1.29 is 9.53 Å². The van der Waals surface area contributed by atoms with E-state index in [1.165, 1.54) is 173 Å². The number of carbonyl (C=O) groups is 1. The summed E-state index contributed by atoms with van der Waals surface area (Å²) >= 11 is 0. The van der Waals surface area contributed by atoms with Crippen molar-refractivity contribution in [1.29, 1.82) is 0 Å². The SMILES string of the molecule is CCCCCCCCCCCCCCCCCCC(=O)OC(CCCCCCCC)CCCCCCCC. The average Bonchev–Trinajstić information content (AvgIpc) is 2.92. The van der Waals surface area contributed by atoms with Crippen LogP contribution in [0.25, 0.3) is 0 Å². The number of esters is 1. The molecule has 0 aromatic rings. The summed E-state index contributed by atoms with van der Waals surface area (Å²) in [4.78, 5) is 12.5. The molecule has 0 atom stereocenters. The van der Waals surface area contributed by atoms with Gasteiger partial charge in [0.2, 0.25) is 0 Å². The molecule has 0 aliphatic carbocycles. The van der Waals surface area contributed by atoms with Crippen LogP contribution >= 0.6 is 0 Å². The third-order valence-electron chi connectivity index (χ3n) is 8.29. The van der Waals surface area contributed by atoms with E-state index >= 15 is 0 Å². The molecular formula is C36H72O2. The van der Waals surface area contributed by atoms with E-state index in [4.69, 9.17) is 4.74 Å². The van der Waals surface area contributed by atoms with E-state index in [0.29, 0.717) is 6.42 Å². The molecule has 0 radical (unpaired) electrons. The van der Waals surface area contributed by atoms with Gasteiger partial charge in [0, 0.05) is 6.42 Å². The maximum Gasteiger partial charge on any atom is 0.306 e. The van der Waals surface area contributed by atoms with Crippen LogP contribution in [0.2, 0.25) is 0 Å². The van der Waals surface area contributed by atoms with Gasteiger partial charge in [0.1, 0.15) is 6.10 Å². The molecule has 0 aliphatic heterocycles. The van der Waals surface area contributed by atoms with Crippen molar-refractivity contribution in [3.63, 3.8) is 0 Å². The zero-order chi connectivity index (χ0) is 27.8. The Bertz CT molecular complexity index is 431. The molecular weight excluding hydrogens is 464 g/mol. The zero-order valence-corrected chi connectivity index (χ0v) is 26.8. The van der Waals surface area contributed by atoms with Crippen molar-refractivity contribution in [2.75, 3.05) is 0 Å². The molecule has 0 aromatic carbocycles. The van der Waals surface area contributed by atoms with Crippen LogP contribution in [-0.2, 0) is 9.53 Å². The molecule has 2 heteroatoms. The molecule has 0 fully saturated rings. The van der Waals surface area contributed by atoms with Gasteiger partial charge in [-0.05, 0) is 32.1 Å². The van der Waals surface area contributed by atoms with Gasteiger partial charge in [0.25, 0.3) is 0 Å². The molecule has 0 unspecified atom stereocenters. The number of rotatable bonds is 32. The standard InChI is InChI=1S/C36H72O2/c1-4-7-10-13-16-17-18-19-20-21-22-23-24-25-28-31-34-36(37)38-35(32-29-26-14-11-8-5-2)33-30-27-15-12-9-6-3/h35H,4-34H2,1-3H3. The first kappa shape index (κ1) is 37.5. The summed E-state index contributed by atoms with van der Waals surface area (Å²) < 4.78 is 5.99. The lowest BCUT2D eigenvalue weighted by molar-refractivity contribution is -0.150. The van der Waals surface area contributed by atoms with E-state index in [9.17, 15) is 4.79 Å². The Labute approximate surface area is 241 Å². The van der Waals surface area contributed by atoms with Gasteiger partial charge in [-0.25, -0.2) is 0 Å². The van der Waals surface area contributed by atoms with E-state index in [1.807, 2.05) is 0 Å². The molecule has 38 heavy (non-hydrogen) atoms. The molecule has 0 saturated heterocycles. The van der Waals surface area contributed by atoms with Crippen LogP contribution in [0.1, 0.15) is 220 Å². The molecule has 0 heterocycles. The van der Waals surface area contributed by atoms with Crippen LogP contribution in [0.4, 0.5) is 0 Å². The number of ether oxygens (including phenoxy) is 1. The van der Waals surface area contributed by atoms with Crippen molar-refractivity contribution in [1.82, 2.24) is 0 Å². The van der Waals surface area contributed by atoms with Gasteiger partial charge in [-0.15, -0.1) is 0 Å². The normalized spacial score (nSPS) is 11.5. The molecule has 0 aliphatic rings. The molecule has 0 aromatic heterocycles. The zero-order valence-electron chi connectivity index (χ0n) is 26.8. The van der Waals surface area contributed by atoms with Gasteiger partial charge < -0.3 is 4.74 Å². The van der Waals surface area contributed by atoms with Crippen LogP contribution in [0.5, 0.6) is 0 Å². The van der Waals surface area contributed by atoms with Crippen LogP contribution in [0.15, 0.2) is 0 Å². The van der Waals surface area contributed by atoms with Crippen LogP contribution in [-0.4, -0.2) is 12.1 Å². The summed E-state index contributed by atoms with van der Waals surface area (Å²) in [6.45, 7) is 6.84. The van der Waals surface area contributed by atoms with Gasteiger partial charge in [-0.1, -0.05) is 181 Å². The molecule has 0 bridgehead atoms. The Kier molecular flexibility index (Phi) is 32.2. The third-order valence-corrected chi connectivity index (χ3v) is 8.29. The second kappa shape index (κ2) is 32.7. The maximum atomic E-state index is 12.5. The van der Waals surface area contributed by atoms with Gasteiger partial charge in [-0.2, -0.15) is 0 Å². The second-order valence-electron chi connectivity index (χ2n) is 12.3. The summed E-state index contributed by atoms with van der Waals surface area (Å²) in [6.07, 6.45) is 40.6. The third kappa shape index (κ3) is 30.0. The lowest BCUT2D eigenvalue weighted by Gasteiger charge is -2.18. The summed E-state index contributed by atoms with van der Waals surface area (Å²) in [5.41, 5.74) is 0. The fraction of sp³-hybridized carbons (Fsp3) is 0.972. The topological polar surface area (TPSA) is 26.3 Å². The van der Waals surface area contributed by atoms with Crippen LogP contribution < -0.4 is 0 Å². The van der Waals surface area contributed by atoms with E-state index in [0.717, 1.165) is 19.3 Å². The van der Waals surface area contributed by atoms with E-state index in [1.54, 1.807) is 0 Å². The molecule has 2 nitrogen and oxygen atoms in total. The summed E-state index contributed by atoms with van der Waals surface area (Å²) in [5, 5.41) is 0. The Morgan fingerprint density at radius 2 is 0.658 bits per heavy atom. The molecule has 0 saturated carbocycles. The number of carbonyl (C=O) groups excluding carboxylic acids is 1. The summed E-state index contributed by atoms with van der Waals surface area (Å²) in [6, 6.07) is 0. The lowest BCUT2D eigenvalue weighted by Crippen LogP contribution is -2.18. The first-order valence-corrected chi connectivity index (χ1v) is 17.9. The number of hydrogen-bond donors (Lipinski definition) is 0. The Morgan fingerprint density at radius 1 is 0.395 bits per heavy atom. The summed E-state index contributed by atoms with van der Waals surface area (Å²) in [5.74, 6) is 0.0670. The first-order valence-electron chi connectivity index (χ1n) is 17.9. The fourth-order valence-electron chi connectivity index (χ4n) is 5.63. The first-order chi connectivity index (χ1) is 18.7. The predicted molar refractivity (Wildman–Crippen MR) is 170 cm³/mol.